The molecule has 0 unspecified atom stereocenters. The smallest absolute Gasteiger partial charge is 0.214 e. The standard InChI is InChI=1S/C20H29FN2O3S/c1-15-2-3-17(21)12-16(15)14-23-9-7-20(8-10-23)13-18(6-11-26-20)22-27(24,25)19-4-5-19/h2-3,12,18-19,22H,4-11,13-14H2,1H3/t18-/m1/s1. The number of nitrogens with one attached hydrogen (secondary N) is 1. The van der Waals surface area contributed by atoms with E-state index in [4.69, 9.17) is 4.74 Å². The van der Waals surface area contributed by atoms with Crippen LogP contribution in [0.25, 0.3) is 0 Å². The first-order chi connectivity index (χ1) is 12.9. The molecule has 7 heteroatoms. The Morgan fingerprint density at radius 2 is 2.00 bits per heavy atom. The number of ether oxygens (including phenoxy) is 1. The third-order valence-corrected chi connectivity index (χ3v) is 8.27. The highest BCUT2D eigenvalue weighted by molar-refractivity contribution is 7.90. The summed E-state index contributed by atoms with van der Waals surface area (Å²) in [4.78, 5) is 2.34. The van der Waals surface area contributed by atoms with Gasteiger partial charge in [-0.2, -0.15) is 0 Å². The Morgan fingerprint density at radius 3 is 2.70 bits per heavy atom. The molecule has 2 saturated heterocycles. The summed E-state index contributed by atoms with van der Waals surface area (Å²) in [7, 11) is -3.15. The van der Waals surface area contributed by atoms with Crippen molar-refractivity contribution in [2.75, 3.05) is 19.7 Å². The van der Waals surface area contributed by atoms with Crippen LogP contribution in [0.5, 0.6) is 0 Å². The lowest BCUT2D eigenvalue weighted by molar-refractivity contribution is -0.118. The molecule has 2 heterocycles. The average Bonchev–Trinajstić information content (AvgIpc) is 3.46. The molecule has 27 heavy (non-hydrogen) atoms. The Bertz CT molecular complexity index is 786. The molecule has 3 fully saturated rings. The summed E-state index contributed by atoms with van der Waals surface area (Å²) < 4.78 is 47.1. The molecular weight excluding hydrogens is 367 g/mol. The minimum absolute atomic E-state index is 0.0126. The number of benzene rings is 1. The van der Waals surface area contributed by atoms with Crippen molar-refractivity contribution in [1.82, 2.24) is 9.62 Å². The van der Waals surface area contributed by atoms with Crippen molar-refractivity contribution in [2.24, 2.45) is 0 Å². The summed E-state index contributed by atoms with van der Waals surface area (Å²) >= 11 is 0. The minimum Gasteiger partial charge on any atom is -0.375 e. The normalized spacial score (nSPS) is 26.4. The molecular formula is C20H29FN2O3S. The monoisotopic (exact) mass is 396 g/mol. The van der Waals surface area contributed by atoms with Gasteiger partial charge in [-0.25, -0.2) is 17.5 Å². The molecule has 1 aromatic carbocycles. The summed E-state index contributed by atoms with van der Waals surface area (Å²) in [6.45, 7) is 5.15. The van der Waals surface area contributed by atoms with Crippen LogP contribution < -0.4 is 4.72 Å². The van der Waals surface area contributed by atoms with Crippen molar-refractivity contribution in [3.05, 3.63) is 35.1 Å². The summed E-state index contributed by atoms with van der Waals surface area (Å²) in [5.41, 5.74) is 1.92. The molecule has 4 rings (SSSR count). The van der Waals surface area contributed by atoms with E-state index in [9.17, 15) is 12.8 Å². The number of rotatable bonds is 5. The van der Waals surface area contributed by atoms with E-state index in [0.29, 0.717) is 6.61 Å². The number of nitrogens with zero attached hydrogens (tertiary/aromatic N) is 1. The first-order valence-corrected chi connectivity index (χ1v) is 11.5. The van der Waals surface area contributed by atoms with E-state index in [-0.39, 0.29) is 22.7 Å². The SMILES string of the molecule is Cc1ccc(F)cc1CN1CCC2(CC1)C[C@H](NS(=O)(=O)C1CC1)CCO2. The van der Waals surface area contributed by atoms with Crippen molar-refractivity contribution >= 4 is 10.0 Å². The summed E-state index contributed by atoms with van der Waals surface area (Å²) in [6, 6.07) is 4.94. The van der Waals surface area contributed by atoms with Crippen LogP contribution in [0.3, 0.4) is 0 Å². The van der Waals surface area contributed by atoms with Gasteiger partial charge in [0.15, 0.2) is 0 Å². The second-order valence-corrected chi connectivity index (χ2v) is 10.4. The predicted octanol–water partition coefficient (Wildman–Crippen LogP) is 2.73. The molecule has 1 atom stereocenters. The van der Waals surface area contributed by atoms with Crippen molar-refractivity contribution in [1.29, 1.82) is 0 Å². The third kappa shape index (κ3) is 4.53. The van der Waals surface area contributed by atoms with Crippen LogP contribution in [-0.4, -0.2) is 49.9 Å². The fraction of sp³-hybridized carbons (Fsp3) is 0.700. The molecule has 2 aliphatic heterocycles. The first-order valence-electron chi connectivity index (χ1n) is 9.98. The number of sulfonamides is 1. The van der Waals surface area contributed by atoms with Crippen LogP contribution in [0.4, 0.5) is 4.39 Å². The van der Waals surface area contributed by atoms with E-state index < -0.39 is 10.0 Å². The van der Waals surface area contributed by atoms with Crippen LogP contribution in [0.2, 0.25) is 0 Å². The second kappa shape index (κ2) is 7.43. The van der Waals surface area contributed by atoms with Crippen molar-refractivity contribution in [3.8, 4) is 0 Å². The van der Waals surface area contributed by atoms with Crippen molar-refractivity contribution in [3.63, 3.8) is 0 Å². The van der Waals surface area contributed by atoms with Gasteiger partial charge in [0.25, 0.3) is 0 Å². The molecule has 1 aliphatic carbocycles. The molecule has 0 bridgehead atoms. The van der Waals surface area contributed by atoms with Gasteiger partial charge in [-0.3, -0.25) is 4.90 Å². The second-order valence-electron chi connectivity index (χ2n) is 8.43. The lowest BCUT2D eigenvalue weighted by atomic mass is 9.82. The van der Waals surface area contributed by atoms with Crippen LogP contribution in [-0.2, 0) is 21.3 Å². The van der Waals surface area contributed by atoms with Gasteiger partial charge in [0.2, 0.25) is 10.0 Å². The van der Waals surface area contributed by atoms with Gasteiger partial charge in [-0.15, -0.1) is 0 Å². The van der Waals surface area contributed by atoms with E-state index in [2.05, 4.69) is 9.62 Å². The number of likely N-dealkylation sites (tertiary alicyclic amines) is 1. The Kier molecular flexibility index (Phi) is 5.31. The number of hydrogen-bond acceptors (Lipinski definition) is 4. The summed E-state index contributed by atoms with van der Waals surface area (Å²) in [5.74, 6) is -0.189. The Labute approximate surface area is 161 Å². The molecule has 0 aromatic heterocycles. The average molecular weight is 397 g/mol. The molecule has 150 valence electrons. The van der Waals surface area contributed by atoms with Crippen LogP contribution >= 0.6 is 0 Å². The van der Waals surface area contributed by atoms with Gasteiger partial charge in [-0.1, -0.05) is 6.07 Å². The zero-order valence-electron chi connectivity index (χ0n) is 15.9. The van der Waals surface area contributed by atoms with E-state index in [1.165, 1.54) is 6.07 Å². The fourth-order valence-electron chi connectivity index (χ4n) is 4.35. The summed E-state index contributed by atoms with van der Waals surface area (Å²) in [6.07, 6.45) is 4.87. The Hall–Kier alpha value is -1.02. The molecule has 1 aromatic rings. The van der Waals surface area contributed by atoms with Gasteiger partial charge in [0.1, 0.15) is 5.82 Å². The lowest BCUT2D eigenvalue weighted by Crippen LogP contribution is -2.53. The maximum absolute atomic E-state index is 13.5. The molecule has 1 N–H and O–H groups in total. The van der Waals surface area contributed by atoms with E-state index in [1.54, 1.807) is 6.07 Å². The van der Waals surface area contributed by atoms with E-state index in [1.807, 2.05) is 13.0 Å². The number of piperidine rings is 1. The van der Waals surface area contributed by atoms with E-state index >= 15 is 0 Å². The van der Waals surface area contributed by atoms with Gasteiger partial charge >= 0.3 is 0 Å². The summed E-state index contributed by atoms with van der Waals surface area (Å²) in [5, 5.41) is -0.173. The highest BCUT2D eigenvalue weighted by Crippen LogP contribution is 2.36. The number of halogens is 1. The zero-order valence-corrected chi connectivity index (χ0v) is 16.7. The van der Waals surface area contributed by atoms with Gasteiger partial charge in [0.05, 0.1) is 10.9 Å². The third-order valence-electron chi connectivity index (χ3n) is 6.26. The minimum atomic E-state index is -3.15. The molecule has 1 spiro atoms. The number of hydrogen-bond donors (Lipinski definition) is 1. The van der Waals surface area contributed by atoms with Crippen LogP contribution in [0.15, 0.2) is 18.2 Å². The van der Waals surface area contributed by atoms with Crippen molar-refractivity contribution < 1.29 is 17.5 Å². The maximum atomic E-state index is 13.5. The molecule has 3 aliphatic rings. The van der Waals surface area contributed by atoms with E-state index in [0.717, 1.165) is 69.3 Å². The zero-order chi connectivity index (χ0) is 19.1. The lowest BCUT2D eigenvalue weighted by Gasteiger charge is -2.46. The number of aryl methyl sites for hydroxylation is 1. The Balaban J connectivity index is 1.34. The van der Waals surface area contributed by atoms with Crippen LogP contribution in [0.1, 0.15) is 49.7 Å². The maximum Gasteiger partial charge on any atom is 0.214 e. The molecule has 1 saturated carbocycles. The molecule has 0 radical (unpaired) electrons. The highest BCUT2D eigenvalue weighted by atomic mass is 32.2. The van der Waals surface area contributed by atoms with Gasteiger partial charge in [-0.05, 0) is 68.7 Å². The first kappa shape index (κ1) is 19.3. The quantitative estimate of drug-likeness (QED) is 0.831. The van der Waals surface area contributed by atoms with Gasteiger partial charge in [0, 0.05) is 32.3 Å². The molecule has 0 amide bonds. The largest absolute Gasteiger partial charge is 0.375 e. The fourth-order valence-corrected chi connectivity index (χ4v) is 5.97. The van der Waals surface area contributed by atoms with Gasteiger partial charge < -0.3 is 4.74 Å². The molecule has 5 nitrogen and oxygen atoms in total. The highest BCUT2D eigenvalue weighted by Gasteiger charge is 2.43. The Morgan fingerprint density at radius 1 is 1.26 bits per heavy atom. The topological polar surface area (TPSA) is 58.6 Å². The predicted molar refractivity (Wildman–Crippen MR) is 102 cm³/mol. The van der Waals surface area contributed by atoms with Crippen LogP contribution in [0, 0.1) is 12.7 Å². The van der Waals surface area contributed by atoms with Crippen molar-refractivity contribution in [2.45, 2.75) is 68.9 Å².